The van der Waals surface area contributed by atoms with Gasteiger partial charge in [-0.05, 0) is 47.9 Å². The van der Waals surface area contributed by atoms with Crippen molar-refractivity contribution in [3.63, 3.8) is 0 Å². The third-order valence-corrected chi connectivity index (χ3v) is 5.31. The van der Waals surface area contributed by atoms with E-state index in [0.717, 1.165) is 16.7 Å². The van der Waals surface area contributed by atoms with E-state index in [9.17, 15) is 9.59 Å². The Morgan fingerprint density at radius 2 is 1.31 bits per heavy atom. The fourth-order valence-electron chi connectivity index (χ4n) is 3.42. The van der Waals surface area contributed by atoms with Gasteiger partial charge in [-0.15, -0.1) is 0 Å². The highest BCUT2D eigenvalue weighted by molar-refractivity contribution is 5.98. The molecule has 176 valence electrons. The Morgan fingerprint density at radius 1 is 0.714 bits per heavy atom. The molecule has 2 N–H and O–H groups in total. The van der Waals surface area contributed by atoms with Gasteiger partial charge in [0, 0.05) is 0 Å². The van der Waals surface area contributed by atoms with Crippen LogP contribution in [0.25, 0.3) is 11.1 Å². The molecule has 35 heavy (non-hydrogen) atoms. The predicted octanol–water partition coefficient (Wildman–Crippen LogP) is 5.16. The van der Waals surface area contributed by atoms with E-state index in [0.29, 0.717) is 23.7 Å². The van der Waals surface area contributed by atoms with Crippen molar-refractivity contribution in [2.45, 2.75) is 19.6 Å². The number of para-hydroxylation sites is 1. The summed E-state index contributed by atoms with van der Waals surface area (Å²) in [7, 11) is 0. The number of rotatable bonds is 8. The van der Waals surface area contributed by atoms with Crippen molar-refractivity contribution in [1.29, 1.82) is 0 Å². The first-order chi connectivity index (χ1) is 17.1. The van der Waals surface area contributed by atoms with E-state index in [2.05, 4.69) is 10.9 Å². The molecule has 0 radical (unpaired) electrons. The molecule has 0 saturated carbocycles. The number of ether oxygens (including phenoxy) is 2. The van der Waals surface area contributed by atoms with Crippen LogP contribution in [0.4, 0.5) is 0 Å². The molecule has 0 fully saturated rings. The number of hydrogen-bond donors (Lipinski definition) is 2. The van der Waals surface area contributed by atoms with E-state index in [1.165, 1.54) is 0 Å². The Kier molecular flexibility index (Phi) is 7.76. The van der Waals surface area contributed by atoms with Crippen molar-refractivity contribution in [2.75, 3.05) is 0 Å². The van der Waals surface area contributed by atoms with Crippen LogP contribution in [-0.2, 0) is 11.4 Å². The molecule has 0 aromatic heterocycles. The fourth-order valence-corrected chi connectivity index (χ4v) is 3.42. The Hall–Kier alpha value is -4.58. The van der Waals surface area contributed by atoms with E-state index >= 15 is 0 Å². The number of benzene rings is 4. The van der Waals surface area contributed by atoms with Crippen molar-refractivity contribution in [2.24, 2.45) is 0 Å². The van der Waals surface area contributed by atoms with Gasteiger partial charge in [-0.2, -0.15) is 0 Å². The molecule has 2 amide bonds. The number of carbonyl (C=O) groups excluding carboxylic acids is 2. The lowest BCUT2D eigenvalue weighted by molar-refractivity contribution is -0.128. The van der Waals surface area contributed by atoms with Gasteiger partial charge in [0.1, 0.15) is 18.1 Å². The summed E-state index contributed by atoms with van der Waals surface area (Å²) in [4.78, 5) is 25.2. The normalized spacial score (nSPS) is 11.2. The summed E-state index contributed by atoms with van der Waals surface area (Å²) in [6.45, 7) is 1.94. The maximum absolute atomic E-state index is 12.7. The lowest BCUT2D eigenvalue weighted by Gasteiger charge is -2.16. The average molecular weight is 467 g/mol. The van der Waals surface area contributed by atoms with Gasteiger partial charge in [0.2, 0.25) is 0 Å². The van der Waals surface area contributed by atoms with Crippen LogP contribution < -0.4 is 20.3 Å². The zero-order chi connectivity index (χ0) is 24.5. The summed E-state index contributed by atoms with van der Waals surface area (Å²) in [5.41, 5.74) is 8.30. The zero-order valence-corrected chi connectivity index (χ0v) is 19.3. The van der Waals surface area contributed by atoms with Crippen LogP contribution in [-0.4, -0.2) is 17.9 Å². The first-order valence-electron chi connectivity index (χ1n) is 11.3. The highest BCUT2D eigenvalue weighted by Gasteiger charge is 2.18. The zero-order valence-electron chi connectivity index (χ0n) is 19.3. The topological polar surface area (TPSA) is 76.7 Å². The van der Waals surface area contributed by atoms with Gasteiger partial charge in [-0.25, -0.2) is 0 Å². The molecular formula is C29H26N2O4. The summed E-state index contributed by atoms with van der Waals surface area (Å²) < 4.78 is 11.5. The number of hydrazine groups is 1. The molecule has 6 nitrogen and oxygen atoms in total. The molecule has 4 aromatic carbocycles. The Morgan fingerprint density at radius 3 is 2.03 bits per heavy atom. The molecule has 0 aliphatic heterocycles. The van der Waals surface area contributed by atoms with E-state index in [4.69, 9.17) is 9.47 Å². The largest absolute Gasteiger partial charge is 0.488 e. The molecule has 4 aromatic rings. The van der Waals surface area contributed by atoms with Crippen molar-refractivity contribution in [3.8, 4) is 22.6 Å². The standard InChI is InChI=1S/C29H26N2O4/c1-21(35-25-18-16-24(17-19-25)23-12-6-3-7-13-23)28(32)30-31-29(33)26-14-8-9-15-27(26)34-20-22-10-4-2-5-11-22/h2-19,21H,20H2,1H3,(H,30,32)(H,31,33). The van der Waals surface area contributed by atoms with Crippen molar-refractivity contribution in [1.82, 2.24) is 10.9 Å². The van der Waals surface area contributed by atoms with Gasteiger partial charge in [-0.1, -0.05) is 84.9 Å². The predicted molar refractivity (Wildman–Crippen MR) is 135 cm³/mol. The molecule has 4 rings (SSSR count). The van der Waals surface area contributed by atoms with Crippen LogP contribution in [0.3, 0.4) is 0 Å². The highest BCUT2D eigenvalue weighted by Crippen LogP contribution is 2.23. The number of carbonyl (C=O) groups is 2. The summed E-state index contributed by atoms with van der Waals surface area (Å²) in [5, 5.41) is 0. The Labute approximate surface area is 204 Å². The van der Waals surface area contributed by atoms with E-state index in [1.54, 1.807) is 31.2 Å². The molecule has 6 heteroatoms. The molecule has 0 aliphatic carbocycles. The van der Waals surface area contributed by atoms with Crippen LogP contribution in [0.15, 0.2) is 109 Å². The van der Waals surface area contributed by atoms with Gasteiger partial charge in [0.05, 0.1) is 5.56 Å². The Bertz CT molecular complexity index is 1260. The van der Waals surface area contributed by atoms with Crippen LogP contribution in [0.2, 0.25) is 0 Å². The van der Waals surface area contributed by atoms with E-state index < -0.39 is 17.9 Å². The van der Waals surface area contributed by atoms with E-state index in [-0.39, 0.29) is 0 Å². The van der Waals surface area contributed by atoms with Gasteiger partial charge in [-0.3, -0.25) is 20.4 Å². The molecule has 0 spiro atoms. The molecule has 1 unspecified atom stereocenters. The van der Waals surface area contributed by atoms with Crippen LogP contribution in [0.1, 0.15) is 22.8 Å². The second-order valence-electron chi connectivity index (χ2n) is 7.86. The lowest BCUT2D eigenvalue weighted by Crippen LogP contribution is -2.47. The Balaban J connectivity index is 1.30. The van der Waals surface area contributed by atoms with Crippen LogP contribution >= 0.6 is 0 Å². The van der Waals surface area contributed by atoms with Crippen molar-refractivity contribution < 1.29 is 19.1 Å². The molecular weight excluding hydrogens is 440 g/mol. The summed E-state index contributed by atoms with van der Waals surface area (Å²) in [6.07, 6.45) is -0.817. The maximum Gasteiger partial charge on any atom is 0.279 e. The van der Waals surface area contributed by atoms with Crippen molar-refractivity contribution in [3.05, 3.63) is 120 Å². The minimum atomic E-state index is -0.817. The van der Waals surface area contributed by atoms with Gasteiger partial charge >= 0.3 is 0 Å². The molecule has 0 heterocycles. The molecule has 0 aliphatic rings. The number of hydrogen-bond acceptors (Lipinski definition) is 4. The second kappa shape index (κ2) is 11.5. The van der Waals surface area contributed by atoms with Crippen LogP contribution in [0, 0.1) is 0 Å². The number of nitrogens with one attached hydrogen (secondary N) is 2. The van der Waals surface area contributed by atoms with Gasteiger partial charge in [0.25, 0.3) is 11.8 Å². The first kappa shape index (κ1) is 23.6. The quantitative estimate of drug-likeness (QED) is 0.352. The molecule has 0 bridgehead atoms. The third-order valence-electron chi connectivity index (χ3n) is 5.31. The first-order valence-corrected chi connectivity index (χ1v) is 11.3. The summed E-state index contributed by atoms with van der Waals surface area (Å²) in [5.74, 6) is 0.0128. The van der Waals surface area contributed by atoms with Gasteiger partial charge in [0.15, 0.2) is 6.10 Å². The molecule has 1 atom stereocenters. The highest BCUT2D eigenvalue weighted by atomic mass is 16.5. The van der Waals surface area contributed by atoms with E-state index in [1.807, 2.05) is 84.9 Å². The van der Waals surface area contributed by atoms with Gasteiger partial charge < -0.3 is 9.47 Å². The minimum absolute atomic E-state index is 0.314. The lowest BCUT2D eigenvalue weighted by atomic mass is 10.1. The maximum atomic E-state index is 12.7. The second-order valence-corrected chi connectivity index (χ2v) is 7.86. The fraction of sp³-hybridized carbons (Fsp3) is 0.103. The average Bonchev–Trinajstić information content (AvgIpc) is 2.92. The minimum Gasteiger partial charge on any atom is -0.488 e. The van der Waals surface area contributed by atoms with Crippen LogP contribution in [0.5, 0.6) is 11.5 Å². The third kappa shape index (κ3) is 6.48. The SMILES string of the molecule is CC(Oc1ccc(-c2ccccc2)cc1)C(=O)NNC(=O)c1ccccc1OCc1ccccc1. The summed E-state index contributed by atoms with van der Waals surface area (Å²) >= 11 is 0. The van der Waals surface area contributed by atoms with Crippen molar-refractivity contribution >= 4 is 11.8 Å². The monoisotopic (exact) mass is 466 g/mol. The summed E-state index contributed by atoms with van der Waals surface area (Å²) in [6, 6.07) is 34.0. The number of amides is 2. The smallest absolute Gasteiger partial charge is 0.279 e. The molecule has 0 saturated heterocycles.